The maximum Gasteiger partial charge on any atom is 0.355 e. The molecule has 2 heterocycles. The van der Waals surface area contributed by atoms with E-state index in [9.17, 15) is 9.59 Å². The van der Waals surface area contributed by atoms with E-state index in [0.717, 1.165) is 0 Å². The lowest BCUT2D eigenvalue weighted by Crippen LogP contribution is -2.51. The van der Waals surface area contributed by atoms with Crippen LogP contribution in [-0.4, -0.2) is 29.4 Å². The van der Waals surface area contributed by atoms with Crippen LogP contribution in [0.1, 0.15) is 13.3 Å². The summed E-state index contributed by atoms with van der Waals surface area (Å²) in [5.74, 6) is -0.183. The van der Waals surface area contributed by atoms with Crippen molar-refractivity contribution in [3.05, 3.63) is 24.4 Å². The lowest BCUT2D eigenvalue weighted by molar-refractivity contribution is -0.150. The van der Waals surface area contributed by atoms with Crippen LogP contribution in [0.5, 0.6) is 0 Å². The van der Waals surface area contributed by atoms with Gasteiger partial charge in [0.1, 0.15) is 12.3 Å². The highest BCUT2D eigenvalue weighted by atomic mass is 16.5. The van der Waals surface area contributed by atoms with Crippen LogP contribution in [0.15, 0.2) is 24.4 Å². The first-order valence-electron chi connectivity index (χ1n) is 4.97. The summed E-state index contributed by atoms with van der Waals surface area (Å²) in [6.45, 7) is 5.64. The van der Waals surface area contributed by atoms with E-state index in [1.54, 1.807) is 6.08 Å². The molecule has 1 unspecified atom stereocenters. The van der Waals surface area contributed by atoms with Crippen LogP contribution in [-0.2, 0) is 14.3 Å². The van der Waals surface area contributed by atoms with Crippen molar-refractivity contribution in [2.24, 2.45) is 5.92 Å². The third-order valence-electron chi connectivity index (χ3n) is 2.81. The van der Waals surface area contributed by atoms with Gasteiger partial charge >= 0.3 is 5.97 Å². The molecule has 2 rings (SSSR count). The third kappa shape index (κ3) is 1.46. The van der Waals surface area contributed by atoms with Crippen LogP contribution in [0.4, 0.5) is 0 Å². The van der Waals surface area contributed by atoms with Gasteiger partial charge in [-0.2, -0.15) is 0 Å². The molecule has 0 saturated carbocycles. The van der Waals surface area contributed by atoms with Gasteiger partial charge in [0.05, 0.1) is 6.04 Å². The van der Waals surface area contributed by atoms with Crippen LogP contribution >= 0.6 is 0 Å². The average molecular weight is 207 g/mol. The molecule has 0 aromatic carbocycles. The normalized spacial score (nSPS) is 27.9. The van der Waals surface area contributed by atoms with Crippen molar-refractivity contribution in [1.29, 1.82) is 0 Å². The number of carbonyl (C=O) groups is 2. The summed E-state index contributed by atoms with van der Waals surface area (Å²) < 4.78 is 4.91. The molecule has 0 bridgehead atoms. The highest BCUT2D eigenvalue weighted by Gasteiger charge is 2.47. The van der Waals surface area contributed by atoms with Gasteiger partial charge in [0.25, 0.3) is 0 Å². The molecule has 0 radical (unpaired) electrons. The van der Waals surface area contributed by atoms with Gasteiger partial charge in [0.15, 0.2) is 0 Å². The van der Waals surface area contributed by atoms with E-state index in [2.05, 4.69) is 6.58 Å². The zero-order valence-electron chi connectivity index (χ0n) is 8.60. The van der Waals surface area contributed by atoms with Gasteiger partial charge in [-0.1, -0.05) is 19.6 Å². The van der Waals surface area contributed by atoms with Crippen LogP contribution in [0, 0.1) is 5.92 Å². The summed E-state index contributed by atoms with van der Waals surface area (Å²) in [4.78, 5) is 24.4. The Bertz CT molecular complexity index is 359. The Hall–Kier alpha value is -1.58. The molecule has 1 saturated heterocycles. The molecule has 4 nitrogen and oxygen atoms in total. The number of hydrogen-bond acceptors (Lipinski definition) is 3. The second kappa shape index (κ2) is 3.53. The minimum absolute atomic E-state index is 0.00570. The Balaban J connectivity index is 2.08. The number of β-lactam (4-membered cyclic amide) rings is 1. The molecule has 2 atom stereocenters. The Morgan fingerprint density at radius 1 is 1.80 bits per heavy atom. The minimum atomic E-state index is -0.433. The van der Waals surface area contributed by atoms with Crippen LogP contribution in [0.3, 0.4) is 0 Å². The molecule has 0 aliphatic carbocycles. The lowest BCUT2D eigenvalue weighted by atomic mass is 9.94. The fourth-order valence-electron chi connectivity index (χ4n) is 1.99. The minimum Gasteiger partial charge on any atom is -0.457 e. The first-order chi connectivity index (χ1) is 7.15. The number of fused-ring (bicyclic) bond motifs is 1. The van der Waals surface area contributed by atoms with Gasteiger partial charge in [-0.25, -0.2) is 4.79 Å². The second-order valence-corrected chi connectivity index (χ2v) is 3.83. The Kier molecular flexibility index (Phi) is 2.34. The fourth-order valence-corrected chi connectivity index (χ4v) is 1.99. The number of nitrogens with zero attached hydrogens (tertiary/aromatic N) is 1. The second-order valence-electron chi connectivity index (χ2n) is 3.83. The van der Waals surface area contributed by atoms with Crippen LogP contribution in [0.2, 0.25) is 0 Å². The van der Waals surface area contributed by atoms with E-state index in [-0.39, 0.29) is 24.5 Å². The molecule has 1 amide bonds. The van der Waals surface area contributed by atoms with Crippen molar-refractivity contribution < 1.29 is 14.3 Å². The lowest BCUT2D eigenvalue weighted by Gasteiger charge is -2.37. The van der Waals surface area contributed by atoms with Gasteiger partial charge in [-0.15, -0.1) is 0 Å². The quantitative estimate of drug-likeness (QED) is 0.391. The number of esters is 1. The zero-order chi connectivity index (χ0) is 11.0. The van der Waals surface area contributed by atoms with Crippen molar-refractivity contribution in [2.45, 2.75) is 19.4 Å². The molecule has 2 aliphatic rings. The molecular formula is C11H13NO3. The van der Waals surface area contributed by atoms with E-state index in [0.29, 0.717) is 12.1 Å². The van der Waals surface area contributed by atoms with Crippen molar-refractivity contribution in [3.8, 4) is 0 Å². The Morgan fingerprint density at radius 2 is 2.53 bits per heavy atom. The number of hydrogen-bond donors (Lipinski definition) is 0. The first kappa shape index (κ1) is 9.96. The summed E-state index contributed by atoms with van der Waals surface area (Å²) >= 11 is 0. The maximum absolute atomic E-state index is 11.6. The molecule has 4 heteroatoms. The summed E-state index contributed by atoms with van der Waals surface area (Å²) in [5.41, 5.74) is 0.394. The summed E-state index contributed by atoms with van der Waals surface area (Å²) in [6, 6.07) is 0.170. The van der Waals surface area contributed by atoms with Crippen molar-refractivity contribution in [1.82, 2.24) is 4.90 Å². The van der Waals surface area contributed by atoms with Gasteiger partial charge in [0, 0.05) is 6.42 Å². The number of amides is 1. The predicted molar refractivity (Wildman–Crippen MR) is 53.7 cm³/mol. The number of ether oxygens (including phenoxy) is 1. The summed E-state index contributed by atoms with van der Waals surface area (Å²) in [6.07, 6.45) is 3.85. The van der Waals surface area contributed by atoms with Gasteiger partial charge < -0.3 is 9.64 Å². The molecule has 2 aliphatic heterocycles. The van der Waals surface area contributed by atoms with E-state index >= 15 is 0 Å². The highest BCUT2D eigenvalue weighted by molar-refractivity contribution is 5.98. The third-order valence-corrected chi connectivity index (χ3v) is 2.81. The molecule has 0 aromatic rings. The fraction of sp³-hybridized carbons (Fsp3) is 0.455. The van der Waals surface area contributed by atoms with E-state index in [1.807, 2.05) is 6.92 Å². The molecule has 15 heavy (non-hydrogen) atoms. The molecule has 80 valence electrons. The van der Waals surface area contributed by atoms with Crippen LogP contribution in [0.25, 0.3) is 0 Å². The number of carbonyl (C=O) groups excluding carboxylic acids is 2. The van der Waals surface area contributed by atoms with E-state index < -0.39 is 5.97 Å². The molecule has 0 spiro atoms. The molecular weight excluding hydrogens is 194 g/mol. The average Bonchev–Trinajstić information content (AvgIpc) is 2.46. The zero-order valence-corrected chi connectivity index (χ0v) is 8.60. The van der Waals surface area contributed by atoms with Gasteiger partial charge in [-0.05, 0) is 12.0 Å². The van der Waals surface area contributed by atoms with Crippen LogP contribution < -0.4 is 0 Å². The predicted octanol–water partition coefficient (Wildman–Crippen LogP) is 0.850. The van der Waals surface area contributed by atoms with Gasteiger partial charge in [0.2, 0.25) is 5.91 Å². The number of rotatable bonds is 3. The molecule has 0 aromatic heterocycles. The van der Waals surface area contributed by atoms with E-state index in [4.69, 9.17) is 4.74 Å². The van der Waals surface area contributed by atoms with Crippen molar-refractivity contribution in [2.75, 3.05) is 6.61 Å². The van der Waals surface area contributed by atoms with Crippen molar-refractivity contribution in [3.63, 3.8) is 0 Å². The SMILES string of the molecule is C=CCOC(=O)C1=CC(C)[C@@H]2CC(=O)N12. The smallest absolute Gasteiger partial charge is 0.355 e. The standard InChI is InChI=1S/C11H13NO3/c1-3-4-15-11(14)9-5-7(2)8-6-10(13)12(8)9/h3,5,7-8H,1,4,6H2,2H3/t7?,8-/m0/s1. The highest BCUT2D eigenvalue weighted by Crippen LogP contribution is 2.37. The molecule has 0 N–H and O–H groups in total. The maximum atomic E-state index is 11.6. The Morgan fingerprint density at radius 3 is 3.13 bits per heavy atom. The summed E-state index contributed by atoms with van der Waals surface area (Å²) in [7, 11) is 0. The largest absolute Gasteiger partial charge is 0.457 e. The molecule has 1 fully saturated rings. The van der Waals surface area contributed by atoms with Crippen molar-refractivity contribution >= 4 is 11.9 Å². The van der Waals surface area contributed by atoms with Gasteiger partial charge in [-0.3, -0.25) is 4.79 Å². The Labute approximate surface area is 88.2 Å². The monoisotopic (exact) mass is 207 g/mol. The van der Waals surface area contributed by atoms with E-state index in [1.165, 1.54) is 11.0 Å². The topological polar surface area (TPSA) is 46.6 Å². The summed E-state index contributed by atoms with van der Waals surface area (Å²) in [5, 5.41) is 0. The first-order valence-corrected chi connectivity index (χ1v) is 4.97.